The zero-order chi connectivity index (χ0) is 23.0. The molecule has 0 aromatic heterocycles. The number of hydrogen-bond acceptors (Lipinski definition) is 8. The molecule has 31 heavy (non-hydrogen) atoms. The lowest BCUT2D eigenvalue weighted by Gasteiger charge is -2.47. The van der Waals surface area contributed by atoms with Crippen LogP contribution in [0.5, 0.6) is 11.5 Å². The smallest absolute Gasteiger partial charge is 0.255 e. The summed E-state index contributed by atoms with van der Waals surface area (Å²) < 4.78 is 0. The molecule has 2 aromatic carbocycles. The van der Waals surface area contributed by atoms with Crippen molar-refractivity contribution in [1.82, 2.24) is 4.90 Å². The van der Waals surface area contributed by atoms with Crippen LogP contribution < -0.4 is 5.73 Å². The molecule has 3 atom stereocenters. The van der Waals surface area contributed by atoms with Crippen molar-refractivity contribution in [2.45, 2.75) is 25.0 Å². The molecule has 0 saturated carbocycles. The van der Waals surface area contributed by atoms with Crippen molar-refractivity contribution < 1.29 is 34.8 Å². The van der Waals surface area contributed by atoms with E-state index in [1.54, 1.807) is 33.2 Å². The Bertz CT molecular complexity index is 1230. The van der Waals surface area contributed by atoms with Crippen LogP contribution in [0.25, 0.3) is 10.8 Å². The van der Waals surface area contributed by atoms with Crippen molar-refractivity contribution in [2.75, 3.05) is 14.1 Å². The van der Waals surface area contributed by atoms with E-state index in [0.717, 1.165) is 0 Å². The van der Waals surface area contributed by atoms with E-state index in [0.29, 0.717) is 16.5 Å². The number of carbonyl (C=O) groups is 3. The van der Waals surface area contributed by atoms with Crippen LogP contribution in [0.15, 0.2) is 29.5 Å². The first-order valence-corrected chi connectivity index (χ1v) is 9.61. The Balaban J connectivity index is 2.11. The van der Waals surface area contributed by atoms with Crippen molar-refractivity contribution >= 4 is 28.2 Å². The van der Waals surface area contributed by atoms with Gasteiger partial charge < -0.3 is 26.2 Å². The number of fused-ring (bicyclic) bond motifs is 3. The zero-order valence-corrected chi connectivity index (χ0v) is 17.1. The lowest BCUT2D eigenvalue weighted by Crippen LogP contribution is -2.64. The number of hydrogen-bond donors (Lipinski definition) is 5. The topological polar surface area (TPSA) is 161 Å². The number of nitrogens with zero attached hydrogens (tertiary/aromatic N) is 1. The van der Waals surface area contributed by atoms with Crippen LogP contribution in [0, 0.1) is 12.8 Å². The lowest BCUT2D eigenvalue weighted by atomic mass is 9.61. The molecular weight excluding hydrogens is 404 g/mol. The van der Waals surface area contributed by atoms with Crippen molar-refractivity contribution in [2.24, 2.45) is 11.7 Å². The highest BCUT2D eigenvalue weighted by molar-refractivity contribution is 6.25. The summed E-state index contributed by atoms with van der Waals surface area (Å²) in [7, 11) is 3.10. The minimum Gasteiger partial charge on any atom is -0.508 e. The van der Waals surface area contributed by atoms with E-state index in [1.165, 1.54) is 11.0 Å². The molecule has 162 valence electrons. The number of aryl methyl sites for hydroxylation is 1. The van der Waals surface area contributed by atoms with Gasteiger partial charge in [-0.2, -0.15) is 0 Å². The molecule has 0 heterocycles. The Morgan fingerprint density at radius 1 is 1.19 bits per heavy atom. The van der Waals surface area contributed by atoms with Gasteiger partial charge in [-0.15, -0.1) is 0 Å². The minimum atomic E-state index is -2.65. The molecular formula is C22H22N2O7. The molecule has 1 amide bonds. The van der Waals surface area contributed by atoms with Crippen LogP contribution in [-0.2, 0) is 16.0 Å². The van der Waals surface area contributed by atoms with Gasteiger partial charge in [-0.3, -0.25) is 19.3 Å². The highest BCUT2D eigenvalue weighted by atomic mass is 16.3. The largest absolute Gasteiger partial charge is 0.508 e. The monoisotopic (exact) mass is 426 g/mol. The number of benzene rings is 2. The first-order valence-electron chi connectivity index (χ1n) is 9.61. The summed E-state index contributed by atoms with van der Waals surface area (Å²) in [5.74, 6) is -6.18. The molecule has 6 N–H and O–H groups in total. The van der Waals surface area contributed by atoms with Crippen LogP contribution in [0.1, 0.15) is 21.5 Å². The molecule has 0 radical (unpaired) electrons. The maximum Gasteiger partial charge on any atom is 0.255 e. The zero-order valence-electron chi connectivity index (χ0n) is 17.1. The second-order valence-electron chi connectivity index (χ2n) is 8.29. The fraction of sp³-hybridized carbons (Fsp3) is 0.318. The van der Waals surface area contributed by atoms with E-state index in [2.05, 4.69) is 0 Å². The van der Waals surface area contributed by atoms with Crippen LogP contribution in [0.2, 0.25) is 0 Å². The van der Waals surface area contributed by atoms with E-state index >= 15 is 0 Å². The Morgan fingerprint density at radius 2 is 1.84 bits per heavy atom. The molecule has 0 spiro atoms. The van der Waals surface area contributed by atoms with Crippen LogP contribution in [0.4, 0.5) is 0 Å². The van der Waals surface area contributed by atoms with E-state index in [-0.39, 0.29) is 23.1 Å². The third kappa shape index (κ3) is 2.47. The molecule has 9 nitrogen and oxygen atoms in total. The van der Waals surface area contributed by atoms with Gasteiger partial charge in [-0.05, 0) is 50.0 Å². The Labute approximate surface area is 177 Å². The summed E-state index contributed by atoms with van der Waals surface area (Å²) >= 11 is 0. The number of phenolic OH excluding ortho intramolecular Hbond substituents is 2. The Kier molecular flexibility index (Phi) is 4.39. The number of likely N-dealkylation sites (N-methyl/N-ethyl adjacent to an activating group) is 1. The van der Waals surface area contributed by atoms with Crippen molar-refractivity contribution in [3.8, 4) is 11.5 Å². The quantitative estimate of drug-likeness (QED) is 0.433. The molecule has 0 saturated heterocycles. The fourth-order valence-corrected chi connectivity index (χ4v) is 5.04. The molecule has 2 aliphatic carbocycles. The summed E-state index contributed by atoms with van der Waals surface area (Å²) in [5, 5.41) is 43.9. The SMILES string of the molecule is Cc1c2c(c(O)c3c(O)cccc13)C(=O)C1(O)C(O)=C(C(N)=O)C(=O)[C@H](N(C)C)C1C2. The first-order chi connectivity index (χ1) is 14.4. The highest BCUT2D eigenvalue weighted by Gasteiger charge is 2.62. The highest BCUT2D eigenvalue weighted by Crippen LogP contribution is 2.50. The number of carbonyl (C=O) groups excluding carboxylic acids is 3. The third-order valence-electron chi connectivity index (χ3n) is 6.51. The fourth-order valence-electron chi connectivity index (χ4n) is 5.04. The number of nitrogens with two attached hydrogens (primary N) is 1. The number of aromatic hydroxyl groups is 2. The predicted molar refractivity (Wildman–Crippen MR) is 110 cm³/mol. The maximum atomic E-state index is 13.6. The summed E-state index contributed by atoms with van der Waals surface area (Å²) in [4.78, 5) is 39.9. The summed E-state index contributed by atoms with van der Waals surface area (Å²) in [6.07, 6.45) is -0.0484. The number of amides is 1. The van der Waals surface area contributed by atoms with Gasteiger partial charge in [-0.1, -0.05) is 12.1 Å². The predicted octanol–water partition coefficient (Wildman–Crippen LogP) is 0.456. The van der Waals surface area contributed by atoms with Gasteiger partial charge in [0, 0.05) is 5.92 Å². The number of ketones is 2. The van der Waals surface area contributed by atoms with E-state index in [4.69, 9.17) is 5.73 Å². The van der Waals surface area contributed by atoms with Crippen LogP contribution in [-0.4, -0.2) is 68.5 Å². The average Bonchev–Trinajstić information content (AvgIpc) is 2.68. The number of rotatable bonds is 2. The van der Waals surface area contributed by atoms with Crippen molar-refractivity contribution in [1.29, 1.82) is 0 Å². The molecule has 0 fully saturated rings. The van der Waals surface area contributed by atoms with Gasteiger partial charge in [0.15, 0.2) is 11.4 Å². The van der Waals surface area contributed by atoms with Gasteiger partial charge in [0.1, 0.15) is 22.8 Å². The first kappa shape index (κ1) is 20.8. The molecule has 0 aliphatic heterocycles. The molecule has 4 rings (SSSR count). The Hall–Kier alpha value is -3.43. The Morgan fingerprint density at radius 3 is 2.42 bits per heavy atom. The molecule has 0 bridgehead atoms. The summed E-state index contributed by atoms with van der Waals surface area (Å²) in [6, 6.07) is 3.50. The normalized spacial score (nSPS) is 25.7. The van der Waals surface area contributed by atoms with E-state index < -0.39 is 52.1 Å². The summed E-state index contributed by atoms with van der Waals surface area (Å²) in [6.45, 7) is 1.71. The van der Waals surface area contributed by atoms with Gasteiger partial charge in [-0.25, -0.2) is 0 Å². The molecule has 2 unspecified atom stereocenters. The van der Waals surface area contributed by atoms with Crippen molar-refractivity contribution in [3.05, 3.63) is 46.2 Å². The number of aliphatic hydroxyl groups excluding tert-OH is 1. The molecule has 2 aliphatic rings. The second-order valence-corrected chi connectivity index (χ2v) is 8.29. The average molecular weight is 426 g/mol. The maximum absolute atomic E-state index is 13.6. The number of aliphatic hydroxyl groups is 2. The number of Topliss-reactive ketones (excluding diaryl/α,β-unsaturated/α-hetero) is 2. The second kappa shape index (κ2) is 6.53. The standard InChI is InChI=1S/C22H22N2O7/c1-8-9-5-4-6-12(25)13(9)17(26)14-10(8)7-11-16(24(2)3)18(27)15(21(23)30)20(29)22(11,31)19(14)28/h4-6,11,16,25-26,29,31H,7H2,1-3H3,(H2,23,30)/t11?,16-,22?/m1/s1. The number of phenols is 2. The van der Waals surface area contributed by atoms with Crippen molar-refractivity contribution in [3.63, 3.8) is 0 Å². The summed E-state index contributed by atoms with van der Waals surface area (Å²) in [5.41, 5.74) is 2.50. The van der Waals surface area contributed by atoms with Crippen LogP contribution in [0.3, 0.4) is 0 Å². The third-order valence-corrected chi connectivity index (χ3v) is 6.51. The molecule has 9 heteroatoms. The van der Waals surface area contributed by atoms with Gasteiger partial charge >= 0.3 is 0 Å². The van der Waals surface area contributed by atoms with Gasteiger partial charge in [0.05, 0.1) is 17.0 Å². The lowest BCUT2D eigenvalue weighted by molar-refractivity contribution is -0.132. The van der Waals surface area contributed by atoms with Crippen LogP contribution >= 0.6 is 0 Å². The molecule has 2 aromatic rings. The number of primary amides is 1. The van der Waals surface area contributed by atoms with Gasteiger partial charge in [0.25, 0.3) is 5.91 Å². The minimum absolute atomic E-state index is 0.0313. The van der Waals surface area contributed by atoms with E-state index in [9.17, 15) is 34.8 Å². The van der Waals surface area contributed by atoms with E-state index in [1.807, 2.05) is 0 Å². The van der Waals surface area contributed by atoms with Gasteiger partial charge in [0.2, 0.25) is 5.78 Å².